The minimum Gasteiger partial charge on any atom is -0.333 e. The molecule has 0 aliphatic rings. The van der Waals surface area contributed by atoms with Gasteiger partial charge in [-0.05, 0) is 48.4 Å². The van der Waals surface area contributed by atoms with Crippen LogP contribution in [0.1, 0.15) is 31.7 Å². The van der Waals surface area contributed by atoms with E-state index in [0.29, 0.717) is 0 Å². The third-order valence-corrected chi connectivity index (χ3v) is 5.24. The fourth-order valence-electron chi connectivity index (χ4n) is 3.66. The summed E-state index contributed by atoms with van der Waals surface area (Å²) in [6.45, 7) is 4.20. The zero-order valence-electron chi connectivity index (χ0n) is 17.5. The van der Waals surface area contributed by atoms with Crippen molar-refractivity contribution in [1.82, 2.24) is 19.1 Å². The summed E-state index contributed by atoms with van der Waals surface area (Å²) in [7, 11) is 0. The summed E-state index contributed by atoms with van der Waals surface area (Å²) in [5.41, 5.74) is 3.46. The molecule has 0 saturated heterocycles. The van der Waals surface area contributed by atoms with Crippen LogP contribution in [0.4, 0.5) is 0 Å². The van der Waals surface area contributed by atoms with Crippen molar-refractivity contribution in [3.05, 3.63) is 97.1 Å². The monoisotopic (exact) mass is 396 g/mol. The molecule has 4 heterocycles. The van der Waals surface area contributed by atoms with Gasteiger partial charge in [-0.2, -0.15) is 0 Å². The molecule has 0 spiro atoms. The van der Waals surface area contributed by atoms with E-state index < -0.39 is 0 Å². The Balaban J connectivity index is 0.000000147. The van der Waals surface area contributed by atoms with Crippen LogP contribution in [0.5, 0.6) is 0 Å². The summed E-state index contributed by atoms with van der Waals surface area (Å²) in [5.74, 6) is 0. The Labute approximate surface area is 177 Å². The van der Waals surface area contributed by atoms with Crippen LogP contribution in [0.25, 0.3) is 22.1 Å². The van der Waals surface area contributed by atoms with E-state index in [1.165, 1.54) is 35.6 Å². The van der Waals surface area contributed by atoms with Crippen molar-refractivity contribution in [1.29, 1.82) is 0 Å². The molecule has 0 aliphatic carbocycles. The molecule has 4 nitrogen and oxygen atoms in total. The van der Waals surface area contributed by atoms with Crippen molar-refractivity contribution in [2.45, 2.75) is 39.3 Å². The molecule has 5 rings (SSSR count). The van der Waals surface area contributed by atoms with Crippen LogP contribution >= 0.6 is 0 Å². The molecule has 0 saturated carbocycles. The highest BCUT2D eigenvalue weighted by molar-refractivity contribution is 5.76. The highest BCUT2D eigenvalue weighted by Gasteiger charge is 2.01. The minimum atomic E-state index is 0.876. The topological polar surface area (TPSA) is 35.6 Å². The van der Waals surface area contributed by atoms with E-state index in [1.54, 1.807) is 0 Å². The predicted octanol–water partition coefficient (Wildman–Crippen LogP) is 6.31. The summed E-state index contributed by atoms with van der Waals surface area (Å²) in [6, 6.07) is 22.8. The first kappa shape index (κ1) is 19.9. The average Bonchev–Trinajstić information content (AvgIpc) is 3.40. The number of hydrogen-bond donors (Lipinski definition) is 0. The first-order valence-corrected chi connectivity index (χ1v) is 10.7. The number of fused-ring (bicyclic) bond motifs is 2. The Bertz CT molecular complexity index is 1190. The summed E-state index contributed by atoms with van der Waals surface area (Å²) >= 11 is 0. The van der Waals surface area contributed by atoms with Gasteiger partial charge in [-0.15, -0.1) is 0 Å². The third-order valence-electron chi connectivity index (χ3n) is 5.24. The number of aromatic nitrogens is 4. The smallest absolute Gasteiger partial charge is 0.140 e. The molecule has 0 amide bonds. The van der Waals surface area contributed by atoms with E-state index >= 15 is 0 Å². The van der Waals surface area contributed by atoms with Crippen LogP contribution in [0.15, 0.2) is 91.5 Å². The number of nitrogens with zero attached hydrogens (tertiary/aromatic N) is 4. The van der Waals surface area contributed by atoms with E-state index in [0.717, 1.165) is 24.4 Å². The van der Waals surface area contributed by atoms with E-state index in [2.05, 4.69) is 87.0 Å². The van der Waals surface area contributed by atoms with Gasteiger partial charge in [0.05, 0.1) is 0 Å². The summed E-state index contributed by atoms with van der Waals surface area (Å²) in [4.78, 5) is 8.78. The number of rotatable bonds is 6. The van der Waals surface area contributed by atoms with Gasteiger partial charge in [0.1, 0.15) is 11.3 Å². The van der Waals surface area contributed by atoms with Crippen LogP contribution in [0, 0.1) is 0 Å². The molecule has 4 heteroatoms. The second-order valence-corrected chi connectivity index (χ2v) is 7.48. The zero-order chi connectivity index (χ0) is 20.6. The summed E-state index contributed by atoms with van der Waals surface area (Å²) < 4.78 is 4.41. The molecule has 0 atom stereocenters. The van der Waals surface area contributed by atoms with Crippen LogP contribution in [0.3, 0.4) is 0 Å². The van der Waals surface area contributed by atoms with Crippen molar-refractivity contribution in [3.8, 4) is 0 Å². The lowest BCUT2D eigenvalue weighted by molar-refractivity contribution is 0.613. The van der Waals surface area contributed by atoms with E-state index in [1.807, 2.05) is 30.6 Å². The van der Waals surface area contributed by atoms with Crippen molar-refractivity contribution in [2.75, 3.05) is 0 Å². The van der Waals surface area contributed by atoms with E-state index in [4.69, 9.17) is 0 Å². The van der Waals surface area contributed by atoms with Gasteiger partial charge in [0.2, 0.25) is 0 Å². The highest BCUT2D eigenvalue weighted by atomic mass is 15.0. The van der Waals surface area contributed by atoms with Crippen LogP contribution in [-0.4, -0.2) is 19.1 Å². The normalized spacial score (nSPS) is 10.8. The Kier molecular flexibility index (Phi) is 6.55. The molecule has 0 radical (unpaired) electrons. The quantitative estimate of drug-likeness (QED) is 0.315. The minimum absolute atomic E-state index is 0.876. The Hall–Kier alpha value is -3.40. The Morgan fingerprint density at radius 3 is 1.97 bits per heavy atom. The first-order valence-electron chi connectivity index (χ1n) is 10.7. The Morgan fingerprint density at radius 2 is 1.30 bits per heavy atom. The van der Waals surface area contributed by atoms with E-state index in [9.17, 15) is 0 Å². The van der Waals surface area contributed by atoms with Gasteiger partial charge in [-0.3, -0.25) is 0 Å². The maximum atomic E-state index is 4.40. The van der Waals surface area contributed by atoms with Crippen LogP contribution in [0.2, 0.25) is 0 Å². The largest absolute Gasteiger partial charge is 0.333 e. The molecular formula is C26H28N4. The van der Waals surface area contributed by atoms with Crippen molar-refractivity contribution >= 4 is 22.1 Å². The van der Waals surface area contributed by atoms with Gasteiger partial charge in [-0.1, -0.05) is 50.1 Å². The molecule has 152 valence electrons. The molecule has 30 heavy (non-hydrogen) atoms. The first-order chi connectivity index (χ1) is 14.8. The highest BCUT2D eigenvalue weighted by Crippen LogP contribution is 2.14. The average molecular weight is 397 g/mol. The van der Waals surface area contributed by atoms with Crippen molar-refractivity contribution in [3.63, 3.8) is 0 Å². The van der Waals surface area contributed by atoms with Gasteiger partial charge >= 0.3 is 0 Å². The van der Waals surface area contributed by atoms with Gasteiger partial charge in [0.15, 0.2) is 0 Å². The van der Waals surface area contributed by atoms with Crippen LogP contribution in [-0.2, 0) is 13.1 Å². The molecule has 4 aromatic heterocycles. The lowest BCUT2D eigenvalue weighted by Gasteiger charge is -2.04. The lowest BCUT2D eigenvalue weighted by atomic mass is 10.2. The van der Waals surface area contributed by atoms with Crippen LogP contribution < -0.4 is 0 Å². The second kappa shape index (κ2) is 9.88. The lowest BCUT2D eigenvalue weighted by Crippen LogP contribution is -1.98. The third kappa shape index (κ3) is 4.77. The predicted molar refractivity (Wildman–Crippen MR) is 125 cm³/mol. The maximum Gasteiger partial charge on any atom is 0.140 e. The van der Waals surface area contributed by atoms with Crippen molar-refractivity contribution in [2.24, 2.45) is 0 Å². The molecule has 0 N–H and O–H groups in total. The molecule has 0 unspecified atom stereocenters. The summed E-state index contributed by atoms with van der Waals surface area (Å²) in [5, 5.41) is 2.43. The zero-order valence-corrected chi connectivity index (χ0v) is 17.5. The summed E-state index contributed by atoms with van der Waals surface area (Å²) in [6.07, 6.45) is 11.7. The molecule has 0 fully saturated rings. The fourth-order valence-corrected chi connectivity index (χ4v) is 3.66. The van der Waals surface area contributed by atoms with E-state index in [-0.39, 0.29) is 0 Å². The van der Waals surface area contributed by atoms with Crippen molar-refractivity contribution < 1.29 is 0 Å². The maximum absolute atomic E-state index is 4.40. The molecule has 5 aromatic rings. The molecule has 1 aromatic carbocycles. The standard InChI is InChI=1S/C14H12N2.C12H16N2/c1-2-5-12(6-3-1)11-16-10-8-13-7-4-9-15-14(13)16;1-2-3-4-9-14-10-7-11-6-5-8-13-12(11)14/h1-10H,11H2;5-8,10H,2-4,9H2,1H3. The number of benzene rings is 1. The van der Waals surface area contributed by atoms with Gasteiger partial charge in [0.25, 0.3) is 0 Å². The Morgan fingerprint density at radius 1 is 0.667 bits per heavy atom. The molecular weight excluding hydrogens is 368 g/mol. The number of pyridine rings is 2. The van der Waals surface area contributed by atoms with Gasteiger partial charge in [-0.25, -0.2) is 9.97 Å². The molecule has 0 aliphatic heterocycles. The number of unbranched alkanes of at least 4 members (excludes halogenated alkanes) is 2. The molecule has 0 bridgehead atoms. The number of hydrogen-bond acceptors (Lipinski definition) is 2. The van der Waals surface area contributed by atoms with Gasteiger partial charge < -0.3 is 9.13 Å². The second-order valence-electron chi connectivity index (χ2n) is 7.48. The van der Waals surface area contributed by atoms with Gasteiger partial charge in [0, 0.05) is 48.6 Å². The SMILES string of the molecule is CCCCCn1ccc2cccnc21.c1ccc(Cn2ccc3cccnc32)cc1. The number of aryl methyl sites for hydroxylation is 1. The fraction of sp³-hybridized carbons (Fsp3) is 0.231.